The minimum atomic E-state index is -1.28. The Morgan fingerprint density at radius 1 is 1.05 bits per heavy atom. The first-order valence-electron chi connectivity index (χ1n) is 13.2. The molecule has 8 nitrogen and oxygen atoms in total. The molecule has 2 aromatic heterocycles. The number of halogens is 1. The first-order valence-corrected chi connectivity index (χ1v) is 18.1. The van der Waals surface area contributed by atoms with Crippen molar-refractivity contribution in [1.82, 2.24) is 14.5 Å². The summed E-state index contributed by atoms with van der Waals surface area (Å²) in [7, 11) is -1.28. The van der Waals surface area contributed by atoms with Crippen molar-refractivity contribution in [3.8, 4) is 22.5 Å². The predicted molar refractivity (Wildman–Crippen MR) is 165 cm³/mol. The van der Waals surface area contributed by atoms with Gasteiger partial charge in [-0.3, -0.25) is 14.2 Å². The number of anilines is 2. The third-order valence-electron chi connectivity index (χ3n) is 6.21. The van der Waals surface area contributed by atoms with Gasteiger partial charge in [0.05, 0.1) is 17.1 Å². The molecule has 2 N–H and O–H groups in total. The van der Waals surface area contributed by atoms with Crippen LogP contribution >= 0.6 is 11.8 Å². The van der Waals surface area contributed by atoms with Crippen LogP contribution in [-0.4, -0.2) is 47.3 Å². The predicted octanol–water partition coefficient (Wildman–Crippen LogP) is 7.00. The van der Waals surface area contributed by atoms with E-state index in [1.54, 1.807) is 18.3 Å². The Morgan fingerprint density at radius 3 is 2.46 bits per heavy atom. The Bertz CT molecular complexity index is 1540. The van der Waals surface area contributed by atoms with E-state index >= 15 is 0 Å². The van der Waals surface area contributed by atoms with Gasteiger partial charge in [-0.15, -0.1) is 0 Å². The summed E-state index contributed by atoms with van der Waals surface area (Å²) in [5, 5.41) is 6.45. The lowest BCUT2D eigenvalue weighted by atomic mass is 10.0. The minimum Gasteiger partial charge on any atom is -0.361 e. The highest BCUT2D eigenvalue weighted by atomic mass is 32.2. The molecule has 0 spiro atoms. The first-order chi connectivity index (χ1) is 19.6. The molecule has 0 aliphatic heterocycles. The highest BCUT2D eigenvalue weighted by Crippen LogP contribution is 2.39. The Labute approximate surface area is 244 Å². The average molecular weight is 592 g/mol. The summed E-state index contributed by atoms with van der Waals surface area (Å²) in [6, 6.07) is 17.5. The van der Waals surface area contributed by atoms with Crippen LogP contribution in [0.4, 0.5) is 15.9 Å². The third-order valence-corrected chi connectivity index (χ3v) is 8.59. The molecule has 214 valence electrons. The number of amides is 2. The van der Waals surface area contributed by atoms with Crippen LogP contribution in [0.3, 0.4) is 0 Å². The van der Waals surface area contributed by atoms with E-state index in [2.05, 4.69) is 35.3 Å². The van der Waals surface area contributed by atoms with Crippen LogP contribution in [0, 0.1) is 5.82 Å². The monoisotopic (exact) mass is 591 g/mol. The normalized spacial score (nSPS) is 11.4. The summed E-state index contributed by atoms with van der Waals surface area (Å²) in [5.74, 6) is -0.589. The van der Waals surface area contributed by atoms with Crippen LogP contribution in [0.1, 0.15) is 17.3 Å². The van der Waals surface area contributed by atoms with Crippen LogP contribution in [0.25, 0.3) is 22.5 Å². The fourth-order valence-electron chi connectivity index (χ4n) is 4.14. The molecule has 0 saturated carbocycles. The number of aromatic nitrogens is 3. The molecule has 0 unspecified atom stereocenters. The number of imidazole rings is 1. The van der Waals surface area contributed by atoms with Crippen molar-refractivity contribution in [2.75, 3.05) is 23.5 Å². The second-order valence-electron chi connectivity index (χ2n) is 10.7. The first kappa shape index (κ1) is 30.2. The molecule has 4 aromatic rings. The maximum absolute atomic E-state index is 13.4. The summed E-state index contributed by atoms with van der Waals surface area (Å²) in [5.41, 5.74) is 3.77. The molecular weight excluding hydrogens is 558 g/mol. The van der Waals surface area contributed by atoms with Crippen molar-refractivity contribution >= 4 is 43.2 Å². The van der Waals surface area contributed by atoms with Gasteiger partial charge in [-0.1, -0.05) is 49.6 Å². The maximum atomic E-state index is 13.4. The summed E-state index contributed by atoms with van der Waals surface area (Å²) >= 11 is 1.49. The molecule has 0 saturated heterocycles. The number of ether oxygens (including phenoxy) is 1. The number of hydrogen-bond acceptors (Lipinski definition) is 6. The Balaban J connectivity index is 1.80. The van der Waals surface area contributed by atoms with Gasteiger partial charge in [-0.2, -0.15) is 0 Å². The van der Waals surface area contributed by atoms with E-state index in [1.807, 2.05) is 35.1 Å². The number of rotatable bonds is 11. The average Bonchev–Trinajstić information content (AvgIpc) is 3.29. The molecule has 41 heavy (non-hydrogen) atoms. The highest BCUT2D eigenvalue weighted by Gasteiger charge is 2.23. The molecule has 0 aliphatic carbocycles. The molecule has 0 aliphatic rings. The fourth-order valence-corrected chi connectivity index (χ4v) is 5.45. The van der Waals surface area contributed by atoms with Crippen molar-refractivity contribution in [3.05, 3.63) is 78.2 Å². The van der Waals surface area contributed by atoms with Gasteiger partial charge in [0.2, 0.25) is 5.91 Å². The second kappa shape index (κ2) is 13.2. The number of para-hydroxylation sites is 1. The molecule has 11 heteroatoms. The zero-order valence-electron chi connectivity index (χ0n) is 23.8. The van der Waals surface area contributed by atoms with Crippen molar-refractivity contribution in [2.24, 2.45) is 0 Å². The summed E-state index contributed by atoms with van der Waals surface area (Å²) in [4.78, 5) is 34.1. The van der Waals surface area contributed by atoms with E-state index in [-0.39, 0.29) is 18.5 Å². The number of carbonyl (C=O) groups is 2. The summed E-state index contributed by atoms with van der Waals surface area (Å²) < 4.78 is 21.6. The minimum absolute atomic E-state index is 0.225. The second-order valence-corrected chi connectivity index (χ2v) is 17.1. The van der Waals surface area contributed by atoms with E-state index in [4.69, 9.17) is 9.72 Å². The van der Waals surface area contributed by atoms with Gasteiger partial charge in [0.1, 0.15) is 18.4 Å². The van der Waals surface area contributed by atoms with Gasteiger partial charge in [0.15, 0.2) is 5.16 Å². The molecule has 2 heterocycles. The van der Waals surface area contributed by atoms with Crippen molar-refractivity contribution < 1.29 is 18.7 Å². The number of nitrogens with zero attached hydrogens (tertiary/aromatic N) is 3. The molecule has 0 radical (unpaired) electrons. The van der Waals surface area contributed by atoms with Crippen LogP contribution in [-0.2, 0) is 16.3 Å². The van der Waals surface area contributed by atoms with Crippen LogP contribution < -0.4 is 10.6 Å². The van der Waals surface area contributed by atoms with Gasteiger partial charge in [-0.25, -0.2) is 14.4 Å². The number of carbonyl (C=O) groups excluding carboxylic acids is 2. The maximum Gasteiger partial charge on any atom is 0.255 e. The van der Waals surface area contributed by atoms with E-state index in [0.717, 1.165) is 22.5 Å². The van der Waals surface area contributed by atoms with Gasteiger partial charge < -0.3 is 15.4 Å². The fraction of sp³-hybridized carbons (Fsp3) is 0.267. The summed E-state index contributed by atoms with van der Waals surface area (Å²) in [6.07, 6.45) is 3.58. The van der Waals surface area contributed by atoms with E-state index < -0.39 is 13.9 Å². The van der Waals surface area contributed by atoms with E-state index in [9.17, 15) is 14.0 Å². The molecule has 0 bridgehead atoms. The Morgan fingerprint density at radius 2 is 1.78 bits per heavy atom. The zero-order chi connectivity index (χ0) is 29.6. The van der Waals surface area contributed by atoms with Gasteiger partial charge in [-0.05, 0) is 54.8 Å². The van der Waals surface area contributed by atoms with Crippen molar-refractivity contribution in [2.45, 2.75) is 44.5 Å². The van der Waals surface area contributed by atoms with Crippen LogP contribution in [0.5, 0.6) is 0 Å². The number of nitrogens with one attached hydrogen (secondary N) is 2. The van der Waals surface area contributed by atoms with Crippen LogP contribution in [0.2, 0.25) is 25.7 Å². The van der Waals surface area contributed by atoms with Crippen LogP contribution in [0.15, 0.2) is 72.0 Å². The largest absolute Gasteiger partial charge is 0.361 e. The van der Waals surface area contributed by atoms with Gasteiger partial charge in [0, 0.05) is 44.5 Å². The topological polar surface area (TPSA) is 98.1 Å². The molecule has 2 amide bonds. The SMILES string of the molecule is CSc1nc(-c2ccccc2NC(=O)c2ccc(F)cc2)c(-c2ccnc(NC(C)=O)c2)n1COCC[Si](C)(C)C. The third kappa shape index (κ3) is 7.90. The quantitative estimate of drug-likeness (QED) is 0.111. The summed E-state index contributed by atoms with van der Waals surface area (Å²) in [6.45, 7) is 9.27. The lowest BCUT2D eigenvalue weighted by molar-refractivity contribution is -0.114. The zero-order valence-corrected chi connectivity index (χ0v) is 25.6. The van der Waals surface area contributed by atoms with E-state index in [1.165, 1.54) is 43.0 Å². The standard InChI is InChI=1S/C30H34FN5O3SSi/c1-20(37)33-26-18-22(14-15-32-26)28-27(35-30(40-2)36(28)19-39-16-17-41(3,4)5)24-8-6-7-9-25(24)34-29(38)21-10-12-23(31)13-11-21/h6-15,18H,16-17,19H2,1-5H3,(H,34,38)(H,32,33,37). The number of hydrogen-bond donors (Lipinski definition) is 2. The number of benzene rings is 2. The lowest BCUT2D eigenvalue weighted by Gasteiger charge is -2.17. The highest BCUT2D eigenvalue weighted by molar-refractivity contribution is 7.98. The Hall–Kier alpha value is -3.80. The molecular formula is C30H34FN5O3SSi. The smallest absolute Gasteiger partial charge is 0.255 e. The molecule has 0 fully saturated rings. The molecule has 2 aromatic carbocycles. The molecule has 0 atom stereocenters. The van der Waals surface area contributed by atoms with Gasteiger partial charge >= 0.3 is 0 Å². The lowest BCUT2D eigenvalue weighted by Crippen LogP contribution is -2.22. The van der Waals surface area contributed by atoms with Gasteiger partial charge in [0.25, 0.3) is 5.91 Å². The number of pyridine rings is 1. The Kier molecular flexibility index (Phi) is 9.74. The van der Waals surface area contributed by atoms with Crippen molar-refractivity contribution in [1.29, 1.82) is 0 Å². The molecule has 4 rings (SSSR count). The van der Waals surface area contributed by atoms with Crippen molar-refractivity contribution in [3.63, 3.8) is 0 Å². The van der Waals surface area contributed by atoms with E-state index in [0.29, 0.717) is 34.9 Å². The number of thioether (sulfide) groups is 1.